The highest BCUT2D eigenvalue weighted by Crippen LogP contribution is 2.28. The van der Waals surface area contributed by atoms with Crippen molar-refractivity contribution < 1.29 is 9.53 Å². The van der Waals surface area contributed by atoms with Crippen molar-refractivity contribution in [2.45, 2.75) is 78.5 Å². The average Bonchev–Trinajstić information content (AvgIpc) is 2.25. The molecule has 1 aliphatic carbocycles. The number of ether oxygens (including phenoxy) is 1. The SMILES string of the molecule is CC(CNC1C(C)CCCC1C)NC(=O)OC(C)(C)C. The van der Waals surface area contributed by atoms with Gasteiger partial charge in [-0.15, -0.1) is 0 Å². The first-order valence-electron chi connectivity index (χ1n) is 7.92. The molecule has 3 atom stereocenters. The van der Waals surface area contributed by atoms with Crippen LogP contribution in [0.5, 0.6) is 0 Å². The van der Waals surface area contributed by atoms with E-state index in [-0.39, 0.29) is 12.1 Å². The van der Waals surface area contributed by atoms with Crippen molar-refractivity contribution in [3.05, 3.63) is 0 Å². The van der Waals surface area contributed by atoms with Crippen LogP contribution >= 0.6 is 0 Å². The van der Waals surface area contributed by atoms with Gasteiger partial charge in [0.1, 0.15) is 5.60 Å². The fraction of sp³-hybridized carbons (Fsp3) is 0.938. The van der Waals surface area contributed by atoms with Gasteiger partial charge in [0.15, 0.2) is 0 Å². The highest BCUT2D eigenvalue weighted by Gasteiger charge is 2.27. The van der Waals surface area contributed by atoms with E-state index in [0.717, 1.165) is 6.54 Å². The second-order valence-corrected chi connectivity index (χ2v) is 7.37. The van der Waals surface area contributed by atoms with Crippen molar-refractivity contribution in [1.82, 2.24) is 10.6 Å². The van der Waals surface area contributed by atoms with Gasteiger partial charge in [0.2, 0.25) is 0 Å². The van der Waals surface area contributed by atoms with Crippen molar-refractivity contribution in [1.29, 1.82) is 0 Å². The van der Waals surface area contributed by atoms with Crippen molar-refractivity contribution >= 4 is 6.09 Å². The molecule has 2 N–H and O–H groups in total. The van der Waals surface area contributed by atoms with E-state index in [9.17, 15) is 4.79 Å². The number of alkyl carbamates (subject to hydrolysis) is 1. The van der Waals surface area contributed by atoms with Crippen LogP contribution in [0.15, 0.2) is 0 Å². The van der Waals surface area contributed by atoms with E-state index < -0.39 is 5.60 Å². The molecule has 4 nitrogen and oxygen atoms in total. The molecule has 3 unspecified atom stereocenters. The molecule has 1 amide bonds. The molecule has 0 heterocycles. The third-order valence-electron chi connectivity index (χ3n) is 3.97. The Morgan fingerprint density at radius 1 is 1.25 bits per heavy atom. The second-order valence-electron chi connectivity index (χ2n) is 7.37. The van der Waals surface area contributed by atoms with Crippen LogP contribution in [0.3, 0.4) is 0 Å². The lowest BCUT2D eigenvalue weighted by Gasteiger charge is -2.36. The van der Waals surface area contributed by atoms with Gasteiger partial charge in [0, 0.05) is 18.6 Å². The van der Waals surface area contributed by atoms with E-state index in [1.165, 1.54) is 19.3 Å². The minimum Gasteiger partial charge on any atom is -0.444 e. The van der Waals surface area contributed by atoms with Crippen LogP contribution in [-0.2, 0) is 4.74 Å². The first-order chi connectivity index (χ1) is 9.19. The number of amides is 1. The lowest BCUT2D eigenvalue weighted by Crippen LogP contribution is -2.49. The third kappa shape index (κ3) is 6.12. The summed E-state index contributed by atoms with van der Waals surface area (Å²) in [5, 5.41) is 6.50. The molecule has 20 heavy (non-hydrogen) atoms. The van der Waals surface area contributed by atoms with E-state index in [4.69, 9.17) is 4.74 Å². The van der Waals surface area contributed by atoms with Gasteiger partial charge in [-0.1, -0.05) is 20.3 Å². The Hall–Kier alpha value is -0.770. The zero-order chi connectivity index (χ0) is 15.3. The molecule has 0 saturated heterocycles. The molecular formula is C16H32N2O2. The maximum absolute atomic E-state index is 11.7. The average molecular weight is 284 g/mol. The van der Waals surface area contributed by atoms with Crippen molar-refractivity contribution in [2.75, 3.05) is 6.54 Å². The largest absolute Gasteiger partial charge is 0.444 e. The summed E-state index contributed by atoms with van der Waals surface area (Å²) in [6.45, 7) is 13.1. The number of nitrogens with one attached hydrogen (secondary N) is 2. The van der Waals surface area contributed by atoms with Gasteiger partial charge in [-0.3, -0.25) is 0 Å². The summed E-state index contributed by atoms with van der Waals surface area (Å²) >= 11 is 0. The Balaban J connectivity index is 2.32. The molecule has 1 aliphatic rings. The smallest absolute Gasteiger partial charge is 0.407 e. The number of hydrogen-bond donors (Lipinski definition) is 2. The summed E-state index contributed by atoms with van der Waals surface area (Å²) in [6.07, 6.45) is 3.61. The molecule has 1 saturated carbocycles. The summed E-state index contributed by atoms with van der Waals surface area (Å²) in [7, 11) is 0. The Bertz CT molecular complexity index is 302. The van der Waals surface area contributed by atoms with E-state index in [1.54, 1.807) is 0 Å². The van der Waals surface area contributed by atoms with Gasteiger partial charge >= 0.3 is 6.09 Å². The van der Waals surface area contributed by atoms with Crippen LogP contribution in [0.25, 0.3) is 0 Å². The van der Waals surface area contributed by atoms with Gasteiger partial charge in [-0.05, 0) is 52.4 Å². The minimum absolute atomic E-state index is 0.0752. The van der Waals surface area contributed by atoms with Gasteiger partial charge in [0.25, 0.3) is 0 Å². The number of carbonyl (C=O) groups is 1. The fourth-order valence-electron chi connectivity index (χ4n) is 2.96. The number of rotatable bonds is 4. The molecule has 1 fully saturated rings. The van der Waals surface area contributed by atoms with E-state index in [1.807, 2.05) is 27.7 Å². The first-order valence-corrected chi connectivity index (χ1v) is 7.92. The summed E-state index contributed by atoms with van der Waals surface area (Å²) in [5.41, 5.74) is -0.441. The fourth-order valence-corrected chi connectivity index (χ4v) is 2.96. The molecule has 1 rings (SSSR count). The molecule has 0 spiro atoms. The second kappa shape index (κ2) is 7.30. The minimum atomic E-state index is -0.441. The first kappa shape index (κ1) is 17.3. The number of carbonyl (C=O) groups excluding carboxylic acids is 1. The van der Waals surface area contributed by atoms with Crippen LogP contribution in [0, 0.1) is 11.8 Å². The molecule has 0 bridgehead atoms. The predicted octanol–water partition coefficient (Wildman–Crippen LogP) is 3.31. The highest BCUT2D eigenvalue weighted by atomic mass is 16.6. The Labute approximate surface area is 124 Å². The summed E-state index contributed by atoms with van der Waals surface area (Å²) in [5.74, 6) is 1.43. The Morgan fingerprint density at radius 3 is 2.30 bits per heavy atom. The van der Waals surface area contributed by atoms with Crippen molar-refractivity contribution in [3.63, 3.8) is 0 Å². The van der Waals surface area contributed by atoms with Crippen LogP contribution < -0.4 is 10.6 Å². The van der Waals surface area contributed by atoms with Gasteiger partial charge < -0.3 is 15.4 Å². The molecular weight excluding hydrogens is 252 g/mol. The Kier molecular flexibility index (Phi) is 6.31. The highest BCUT2D eigenvalue weighted by molar-refractivity contribution is 5.68. The van der Waals surface area contributed by atoms with E-state index >= 15 is 0 Å². The standard InChI is InChI=1S/C16H32N2O2/c1-11-8-7-9-12(2)14(11)17-10-13(3)18-15(19)20-16(4,5)6/h11-14,17H,7-10H2,1-6H3,(H,18,19). The van der Waals surface area contributed by atoms with Crippen LogP contribution in [-0.4, -0.2) is 30.3 Å². The molecule has 118 valence electrons. The summed E-state index contributed by atoms with van der Waals surface area (Å²) in [4.78, 5) is 11.7. The molecule has 4 heteroatoms. The molecule has 0 aromatic rings. The van der Waals surface area contributed by atoms with Gasteiger partial charge in [0.05, 0.1) is 0 Å². The van der Waals surface area contributed by atoms with Crippen LogP contribution in [0.4, 0.5) is 4.79 Å². The lowest BCUT2D eigenvalue weighted by atomic mass is 9.78. The molecule has 0 aromatic heterocycles. The normalized spacial score (nSPS) is 28.8. The van der Waals surface area contributed by atoms with Crippen molar-refractivity contribution in [2.24, 2.45) is 11.8 Å². The van der Waals surface area contributed by atoms with E-state index in [0.29, 0.717) is 17.9 Å². The quantitative estimate of drug-likeness (QED) is 0.832. The topological polar surface area (TPSA) is 50.4 Å². The van der Waals surface area contributed by atoms with Crippen LogP contribution in [0.1, 0.15) is 60.8 Å². The monoisotopic (exact) mass is 284 g/mol. The number of hydrogen-bond acceptors (Lipinski definition) is 3. The molecule has 0 aromatic carbocycles. The van der Waals surface area contributed by atoms with Gasteiger partial charge in [-0.25, -0.2) is 4.79 Å². The maximum atomic E-state index is 11.7. The van der Waals surface area contributed by atoms with Gasteiger partial charge in [-0.2, -0.15) is 0 Å². The lowest BCUT2D eigenvalue weighted by molar-refractivity contribution is 0.0506. The summed E-state index contributed by atoms with van der Waals surface area (Å²) < 4.78 is 5.26. The van der Waals surface area contributed by atoms with E-state index in [2.05, 4.69) is 24.5 Å². The maximum Gasteiger partial charge on any atom is 0.407 e. The third-order valence-corrected chi connectivity index (χ3v) is 3.97. The Morgan fingerprint density at radius 2 is 1.80 bits per heavy atom. The zero-order valence-electron chi connectivity index (χ0n) is 14.0. The van der Waals surface area contributed by atoms with Crippen LogP contribution in [0.2, 0.25) is 0 Å². The molecule has 0 aliphatic heterocycles. The molecule has 0 radical (unpaired) electrons. The van der Waals surface area contributed by atoms with Crippen molar-refractivity contribution in [3.8, 4) is 0 Å². The summed E-state index contributed by atoms with van der Waals surface area (Å²) in [6, 6.07) is 0.637. The zero-order valence-corrected chi connectivity index (χ0v) is 14.0. The predicted molar refractivity (Wildman–Crippen MR) is 82.8 cm³/mol.